The molecule has 0 aromatic rings. The van der Waals surface area contributed by atoms with Gasteiger partial charge >= 0.3 is 0 Å². The van der Waals surface area contributed by atoms with E-state index in [-0.39, 0.29) is 12.5 Å². The number of hydrogen-bond donors (Lipinski definition) is 2. The maximum absolute atomic E-state index is 5.38. The summed E-state index contributed by atoms with van der Waals surface area (Å²) in [6.45, 7) is 7.96. The lowest BCUT2D eigenvalue weighted by Gasteiger charge is -2.14. The number of nitrogens with one attached hydrogen (secondary N) is 2. The molecule has 2 unspecified atom stereocenters. The lowest BCUT2D eigenvalue weighted by Crippen LogP contribution is -2.33. The fraction of sp³-hybridized carbons (Fsp3) is 1.00. The Morgan fingerprint density at radius 2 is 1.40 bits per heavy atom. The van der Waals surface area contributed by atoms with Crippen molar-refractivity contribution in [2.45, 2.75) is 45.6 Å². The first-order chi connectivity index (χ1) is 7.36. The molecule has 4 heteroatoms. The van der Waals surface area contributed by atoms with Gasteiger partial charge in [0.1, 0.15) is 12.5 Å². The molecular formula is C11H24N2O2. The van der Waals surface area contributed by atoms with Gasteiger partial charge in [0.25, 0.3) is 0 Å². The minimum Gasteiger partial charge on any atom is -0.362 e. The van der Waals surface area contributed by atoms with Gasteiger partial charge in [-0.15, -0.1) is 0 Å². The van der Waals surface area contributed by atoms with Crippen LogP contribution in [0.15, 0.2) is 0 Å². The third kappa shape index (κ3) is 5.47. The number of unbranched alkanes of at least 4 members (excludes halogenated alkanes) is 1. The van der Waals surface area contributed by atoms with Crippen molar-refractivity contribution in [1.29, 1.82) is 0 Å². The maximum Gasteiger partial charge on any atom is 0.112 e. The molecule has 0 bridgehead atoms. The van der Waals surface area contributed by atoms with Crippen LogP contribution in [0.25, 0.3) is 0 Å². The second kappa shape index (κ2) is 8.05. The molecule has 2 fully saturated rings. The third-order valence-corrected chi connectivity index (χ3v) is 2.51. The summed E-state index contributed by atoms with van der Waals surface area (Å²) in [4.78, 5) is 0. The van der Waals surface area contributed by atoms with Gasteiger partial charge in [0, 0.05) is 19.5 Å². The van der Waals surface area contributed by atoms with Crippen molar-refractivity contribution in [1.82, 2.24) is 10.6 Å². The van der Waals surface area contributed by atoms with Crippen molar-refractivity contribution in [3.8, 4) is 0 Å². The van der Waals surface area contributed by atoms with Crippen LogP contribution in [0, 0.1) is 0 Å². The molecule has 2 aliphatic heterocycles. The highest BCUT2D eigenvalue weighted by atomic mass is 16.5. The average molecular weight is 216 g/mol. The Bertz CT molecular complexity index is 128. The lowest BCUT2D eigenvalue weighted by atomic mass is 10.3. The maximum atomic E-state index is 5.38. The van der Waals surface area contributed by atoms with Crippen LogP contribution in [0.1, 0.15) is 33.1 Å². The van der Waals surface area contributed by atoms with Gasteiger partial charge in [0.05, 0.1) is 13.2 Å². The van der Waals surface area contributed by atoms with E-state index in [1.54, 1.807) is 0 Å². The van der Waals surface area contributed by atoms with E-state index in [2.05, 4.69) is 24.5 Å². The SMILES string of the molecule is C1COC(CC2NCCO2)N1.CCCC. The molecule has 0 saturated carbocycles. The van der Waals surface area contributed by atoms with E-state index < -0.39 is 0 Å². The van der Waals surface area contributed by atoms with E-state index in [4.69, 9.17) is 9.47 Å². The lowest BCUT2D eigenvalue weighted by molar-refractivity contribution is 0.0233. The predicted molar refractivity (Wildman–Crippen MR) is 60.7 cm³/mol. The molecule has 0 radical (unpaired) electrons. The second-order valence-corrected chi connectivity index (χ2v) is 3.86. The molecule has 15 heavy (non-hydrogen) atoms. The molecule has 0 spiro atoms. The van der Waals surface area contributed by atoms with Gasteiger partial charge in [0.15, 0.2) is 0 Å². The number of ether oxygens (including phenoxy) is 2. The van der Waals surface area contributed by atoms with Gasteiger partial charge in [-0.2, -0.15) is 0 Å². The van der Waals surface area contributed by atoms with Crippen LogP contribution >= 0.6 is 0 Å². The van der Waals surface area contributed by atoms with E-state index in [1.165, 1.54) is 12.8 Å². The Hall–Kier alpha value is -0.160. The molecule has 2 N–H and O–H groups in total. The Morgan fingerprint density at radius 3 is 1.67 bits per heavy atom. The third-order valence-electron chi connectivity index (χ3n) is 2.51. The zero-order valence-electron chi connectivity index (χ0n) is 9.92. The number of hydrogen-bond acceptors (Lipinski definition) is 4. The van der Waals surface area contributed by atoms with Crippen LogP contribution < -0.4 is 10.6 Å². The van der Waals surface area contributed by atoms with Gasteiger partial charge in [-0.05, 0) is 0 Å². The predicted octanol–water partition coefficient (Wildman–Crippen LogP) is 1.07. The highest BCUT2D eigenvalue weighted by Gasteiger charge is 2.22. The zero-order valence-corrected chi connectivity index (χ0v) is 9.92. The monoisotopic (exact) mass is 216 g/mol. The molecular weight excluding hydrogens is 192 g/mol. The molecule has 2 atom stereocenters. The van der Waals surface area contributed by atoms with Crippen LogP contribution in [0.4, 0.5) is 0 Å². The van der Waals surface area contributed by atoms with Crippen molar-refractivity contribution in [3.05, 3.63) is 0 Å². The summed E-state index contributed by atoms with van der Waals surface area (Å²) >= 11 is 0. The summed E-state index contributed by atoms with van der Waals surface area (Å²) in [6.07, 6.45) is 3.95. The van der Waals surface area contributed by atoms with Gasteiger partial charge in [-0.1, -0.05) is 26.7 Å². The van der Waals surface area contributed by atoms with Crippen molar-refractivity contribution in [2.24, 2.45) is 0 Å². The van der Waals surface area contributed by atoms with E-state index >= 15 is 0 Å². The standard InChI is InChI=1S/C7H14N2O2.C4H10/c1-3-10-6(8-1)5-7-9-2-4-11-7;1-3-4-2/h6-9H,1-5H2;3-4H2,1-2H3. The van der Waals surface area contributed by atoms with Crippen LogP contribution in [0.2, 0.25) is 0 Å². The highest BCUT2D eigenvalue weighted by molar-refractivity contribution is 4.70. The quantitative estimate of drug-likeness (QED) is 0.740. The summed E-state index contributed by atoms with van der Waals surface area (Å²) in [5, 5.41) is 6.48. The Morgan fingerprint density at radius 1 is 0.933 bits per heavy atom. The van der Waals surface area contributed by atoms with Gasteiger partial charge < -0.3 is 9.47 Å². The summed E-state index contributed by atoms with van der Waals surface area (Å²) in [6, 6.07) is 0. The Labute approximate surface area is 92.7 Å². The van der Waals surface area contributed by atoms with E-state index in [1.807, 2.05) is 0 Å². The van der Waals surface area contributed by atoms with E-state index in [9.17, 15) is 0 Å². The first-order valence-corrected chi connectivity index (χ1v) is 6.06. The average Bonchev–Trinajstić information content (AvgIpc) is 2.92. The molecule has 90 valence electrons. The van der Waals surface area contributed by atoms with Crippen molar-refractivity contribution < 1.29 is 9.47 Å². The first kappa shape index (κ1) is 12.9. The van der Waals surface area contributed by atoms with Crippen LogP contribution in [0.3, 0.4) is 0 Å². The van der Waals surface area contributed by atoms with Crippen LogP contribution in [-0.2, 0) is 9.47 Å². The Balaban J connectivity index is 0.000000245. The largest absolute Gasteiger partial charge is 0.362 e. The van der Waals surface area contributed by atoms with Crippen molar-refractivity contribution >= 4 is 0 Å². The van der Waals surface area contributed by atoms with E-state index in [0.717, 1.165) is 32.7 Å². The van der Waals surface area contributed by atoms with Gasteiger partial charge in [0.2, 0.25) is 0 Å². The molecule has 2 saturated heterocycles. The van der Waals surface area contributed by atoms with Gasteiger partial charge in [-0.25, -0.2) is 0 Å². The first-order valence-electron chi connectivity index (χ1n) is 6.06. The zero-order chi connectivity index (χ0) is 10.9. The van der Waals surface area contributed by atoms with Crippen molar-refractivity contribution in [2.75, 3.05) is 26.3 Å². The summed E-state index contributed by atoms with van der Waals surface area (Å²) in [7, 11) is 0. The van der Waals surface area contributed by atoms with Gasteiger partial charge in [-0.3, -0.25) is 10.6 Å². The molecule has 0 aromatic heterocycles. The molecule has 2 rings (SSSR count). The fourth-order valence-electron chi connectivity index (χ4n) is 1.46. The molecule has 2 heterocycles. The summed E-state index contributed by atoms with van der Waals surface area (Å²) < 4.78 is 10.8. The molecule has 4 nitrogen and oxygen atoms in total. The Kier molecular flexibility index (Phi) is 6.92. The molecule has 0 amide bonds. The molecule has 2 aliphatic rings. The fourth-order valence-corrected chi connectivity index (χ4v) is 1.46. The van der Waals surface area contributed by atoms with Crippen LogP contribution in [0.5, 0.6) is 0 Å². The molecule has 0 aliphatic carbocycles. The van der Waals surface area contributed by atoms with Crippen molar-refractivity contribution in [3.63, 3.8) is 0 Å². The molecule has 0 aromatic carbocycles. The second-order valence-electron chi connectivity index (χ2n) is 3.86. The number of rotatable bonds is 3. The normalized spacial score (nSPS) is 30.0. The minimum absolute atomic E-state index is 0.200. The topological polar surface area (TPSA) is 42.5 Å². The van der Waals surface area contributed by atoms with Crippen LogP contribution in [-0.4, -0.2) is 38.8 Å². The smallest absolute Gasteiger partial charge is 0.112 e. The highest BCUT2D eigenvalue weighted by Crippen LogP contribution is 2.07. The summed E-state index contributed by atoms with van der Waals surface area (Å²) in [5.74, 6) is 0. The van der Waals surface area contributed by atoms with E-state index in [0.29, 0.717) is 0 Å². The minimum atomic E-state index is 0.200. The summed E-state index contributed by atoms with van der Waals surface area (Å²) in [5.41, 5.74) is 0.